The van der Waals surface area contributed by atoms with Crippen molar-refractivity contribution in [3.8, 4) is 0 Å². The van der Waals surface area contributed by atoms with Crippen LogP contribution < -0.4 is 5.43 Å². The molecule has 1 rings (SSSR count). The Balaban J connectivity index is 2.69. The first-order valence-electron chi connectivity index (χ1n) is 3.61. The van der Waals surface area contributed by atoms with E-state index in [0.29, 0.717) is 11.3 Å². The molecule has 68 valence electrons. The molecule has 0 aliphatic carbocycles. The van der Waals surface area contributed by atoms with Crippen LogP contribution in [0.5, 0.6) is 0 Å². The van der Waals surface area contributed by atoms with Gasteiger partial charge in [-0.25, -0.2) is 5.43 Å². The van der Waals surface area contributed by atoms with Gasteiger partial charge in [-0.3, -0.25) is 4.79 Å². The van der Waals surface area contributed by atoms with Crippen molar-refractivity contribution in [1.82, 2.24) is 0 Å². The number of nitroso groups, excluding NO2 is 1. The summed E-state index contributed by atoms with van der Waals surface area (Å²) in [5.41, 5.74) is 3.44. The van der Waals surface area contributed by atoms with Crippen molar-refractivity contribution in [2.24, 2.45) is 5.29 Å². The number of carboxylic acids is 1. The largest absolute Gasteiger partial charge is 0.481 e. The van der Waals surface area contributed by atoms with Gasteiger partial charge >= 0.3 is 5.97 Å². The molecule has 13 heavy (non-hydrogen) atoms. The number of hydrogen-bond acceptors (Lipinski definition) is 3. The molecule has 5 nitrogen and oxygen atoms in total. The number of hydrogen-bond donors (Lipinski definition) is 2. The molecule has 2 N–H and O–H groups in total. The zero-order valence-corrected chi connectivity index (χ0v) is 6.73. The van der Waals surface area contributed by atoms with Gasteiger partial charge in [0.1, 0.15) is 0 Å². The first kappa shape index (κ1) is 9.18. The molecule has 5 heteroatoms. The molecule has 0 saturated heterocycles. The van der Waals surface area contributed by atoms with Crippen LogP contribution in [0.2, 0.25) is 0 Å². The number of rotatable bonds is 4. The second kappa shape index (κ2) is 4.20. The highest BCUT2D eigenvalue weighted by molar-refractivity contribution is 5.70. The fourth-order valence-electron chi connectivity index (χ4n) is 0.924. The molecule has 0 atom stereocenters. The minimum Gasteiger partial charge on any atom is -0.481 e. The van der Waals surface area contributed by atoms with Gasteiger partial charge in [-0.05, 0) is 17.7 Å². The average molecular weight is 180 g/mol. The molecule has 1 aromatic rings. The van der Waals surface area contributed by atoms with E-state index in [1.54, 1.807) is 24.3 Å². The molecule has 0 bridgehead atoms. The van der Waals surface area contributed by atoms with Gasteiger partial charge in [0.25, 0.3) is 0 Å². The quantitative estimate of drug-likeness (QED) is 0.542. The maximum Gasteiger partial charge on any atom is 0.307 e. The molecule has 0 radical (unpaired) electrons. The zero-order chi connectivity index (χ0) is 9.68. The lowest BCUT2D eigenvalue weighted by molar-refractivity contribution is -0.136. The van der Waals surface area contributed by atoms with Gasteiger partial charge in [-0.15, -0.1) is 4.91 Å². The number of benzene rings is 1. The molecular formula is C8H8N2O3. The van der Waals surface area contributed by atoms with E-state index < -0.39 is 5.97 Å². The van der Waals surface area contributed by atoms with Crippen LogP contribution in [0.15, 0.2) is 29.6 Å². The summed E-state index contributed by atoms with van der Waals surface area (Å²) in [5.74, 6) is -0.880. The van der Waals surface area contributed by atoms with Crippen LogP contribution in [0.25, 0.3) is 0 Å². The summed E-state index contributed by atoms with van der Waals surface area (Å²) in [6, 6.07) is 6.45. The Morgan fingerprint density at radius 1 is 1.38 bits per heavy atom. The monoisotopic (exact) mass is 180 g/mol. The Bertz CT molecular complexity index is 308. The third kappa shape index (κ3) is 2.90. The number of nitrogens with zero attached hydrogens (tertiary/aromatic N) is 1. The van der Waals surface area contributed by atoms with Gasteiger partial charge in [-0.1, -0.05) is 12.1 Å². The number of aliphatic carboxylic acids is 1. The van der Waals surface area contributed by atoms with Crippen LogP contribution in [-0.4, -0.2) is 11.1 Å². The Morgan fingerprint density at radius 2 is 2.00 bits per heavy atom. The van der Waals surface area contributed by atoms with Crippen LogP contribution in [-0.2, 0) is 11.2 Å². The van der Waals surface area contributed by atoms with Crippen molar-refractivity contribution in [3.05, 3.63) is 34.7 Å². The van der Waals surface area contributed by atoms with E-state index in [1.165, 1.54) is 0 Å². The zero-order valence-electron chi connectivity index (χ0n) is 6.73. The lowest BCUT2D eigenvalue weighted by atomic mass is 10.1. The second-order valence-corrected chi connectivity index (χ2v) is 2.47. The molecule has 0 amide bonds. The van der Waals surface area contributed by atoms with Gasteiger partial charge in [0.2, 0.25) is 0 Å². The molecule has 0 aliphatic heterocycles. The summed E-state index contributed by atoms with van der Waals surface area (Å²) in [4.78, 5) is 20.1. The number of anilines is 1. The standard InChI is InChI=1S/C8H8N2O3/c11-8(12)5-6-1-3-7(4-2-6)9-10-13/h1-4H,5H2,(H,9,13)(H,11,12). The van der Waals surface area contributed by atoms with E-state index in [0.717, 1.165) is 0 Å². The molecule has 0 unspecified atom stereocenters. The van der Waals surface area contributed by atoms with Crippen molar-refractivity contribution in [1.29, 1.82) is 0 Å². The lowest BCUT2D eigenvalue weighted by Gasteiger charge is -1.98. The van der Waals surface area contributed by atoms with E-state index in [9.17, 15) is 9.70 Å². The van der Waals surface area contributed by atoms with E-state index in [2.05, 4.69) is 10.7 Å². The predicted octanol–water partition coefficient (Wildman–Crippen LogP) is 1.41. The molecule has 0 spiro atoms. The third-order valence-corrected chi connectivity index (χ3v) is 1.48. The highest BCUT2D eigenvalue weighted by Crippen LogP contribution is 2.09. The van der Waals surface area contributed by atoms with Crippen molar-refractivity contribution in [3.63, 3.8) is 0 Å². The van der Waals surface area contributed by atoms with E-state index in [4.69, 9.17) is 5.11 Å². The molecule has 0 saturated carbocycles. The fourth-order valence-corrected chi connectivity index (χ4v) is 0.924. The summed E-state index contributed by atoms with van der Waals surface area (Å²) >= 11 is 0. The molecule has 0 heterocycles. The van der Waals surface area contributed by atoms with E-state index >= 15 is 0 Å². The van der Waals surface area contributed by atoms with Crippen LogP contribution in [0.1, 0.15) is 5.56 Å². The molecule has 1 aromatic carbocycles. The normalized spacial score (nSPS) is 9.23. The van der Waals surface area contributed by atoms with E-state index in [1.807, 2.05) is 0 Å². The summed E-state index contributed by atoms with van der Waals surface area (Å²) in [7, 11) is 0. The minimum atomic E-state index is -0.880. The van der Waals surface area contributed by atoms with Gasteiger partial charge < -0.3 is 5.11 Å². The number of carbonyl (C=O) groups is 1. The molecule has 0 aromatic heterocycles. The Morgan fingerprint density at radius 3 is 2.46 bits per heavy atom. The van der Waals surface area contributed by atoms with Crippen LogP contribution in [0.3, 0.4) is 0 Å². The maximum absolute atomic E-state index is 10.3. The Kier molecular flexibility index (Phi) is 2.97. The Hall–Kier alpha value is -1.91. The fraction of sp³-hybridized carbons (Fsp3) is 0.125. The van der Waals surface area contributed by atoms with Crippen LogP contribution in [0, 0.1) is 4.91 Å². The molecule has 0 fully saturated rings. The van der Waals surface area contributed by atoms with Crippen molar-refractivity contribution >= 4 is 11.7 Å². The summed E-state index contributed by atoms with van der Waals surface area (Å²) in [6.45, 7) is 0. The summed E-state index contributed by atoms with van der Waals surface area (Å²) in [5, 5.41) is 10.9. The predicted molar refractivity (Wildman–Crippen MR) is 47.2 cm³/mol. The average Bonchev–Trinajstić information content (AvgIpc) is 2.08. The first-order valence-corrected chi connectivity index (χ1v) is 3.61. The third-order valence-electron chi connectivity index (χ3n) is 1.48. The lowest BCUT2D eigenvalue weighted by Crippen LogP contribution is -1.99. The van der Waals surface area contributed by atoms with Crippen molar-refractivity contribution in [2.75, 3.05) is 5.43 Å². The van der Waals surface area contributed by atoms with Crippen molar-refractivity contribution in [2.45, 2.75) is 6.42 Å². The van der Waals surface area contributed by atoms with Crippen LogP contribution >= 0.6 is 0 Å². The summed E-state index contributed by atoms with van der Waals surface area (Å²) in [6.07, 6.45) is -0.0190. The smallest absolute Gasteiger partial charge is 0.307 e. The van der Waals surface area contributed by atoms with Gasteiger partial charge in [0.05, 0.1) is 17.4 Å². The van der Waals surface area contributed by atoms with E-state index in [-0.39, 0.29) is 6.42 Å². The molecular weight excluding hydrogens is 172 g/mol. The van der Waals surface area contributed by atoms with Gasteiger partial charge in [0.15, 0.2) is 0 Å². The summed E-state index contributed by atoms with van der Waals surface area (Å²) < 4.78 is 0. The highest BCUT2D eigenvalue weighted by atomic mass is 16.4. The van der Waals surface area contributed by atoms with Gasteiger partial charge in [-0.2, -0.15) is 0 Å². The molecule has 0 aliphatic rings. The Labute approximate surface area is 74.3 Å². The SMILES string of the molecule is O=NNc1ccc(CC(=O)O)cc1. The van der Waals surface area contributed by atoms with Crippen LogP contribution in [0.4, 0.5) is 5.69 Å². The maximum atomic E-state index is 10.3. The topological polar surface area (TPSA) is 78.8 Å². The first-order chi connectivity index (χ1) is 6.22. The minimum absolute atomic E-state index is 0.0190. The van der Waals surface area contributed by atoms with Gasteiger partial charge in [0, 0.05) is 0 Å². The highest BCUT2D eigenvalue weighted by Gasteiger charge is 1.99. The van der Waals surface area contributed by atoms with Crippen molar-refractivity contribution < 1.29 is 9.90 Å². The number of carboxylic acid groups (broad SMARTS) is 1. The number of nitrogens with one attached hydrogen (secondary N) is 1. The second-order valence-electron chi connectivity index (χ2n) is 2.47.